The average Bonchev–Trinajstić information content (AvgIpc) is 3.34. The lowest BCUT2D eigenvalue weighted by Gasteiger charge is -2.12. The molecule has 0 amide bonds. The molecule has 0 aliphatic heterocycles. The fourth-order valence-corrected chi connectivity index (χ4v) is 6.40. The van der Waals surface area contributed by atoms with Crippen molar-refractivity contribution in [1.82, 2.24) is 4.98 Å². The lowest BCUT2D eigenvalue weighted by atomic mass is 10.1. The van der Waals surface area contributed by atoms with Crippen molar-refractivity contribution in [3.63, 3.8) is 0 Å². The predicted octanol–water partition coefficient (Wildman–Crippen LogP) is 2.84. The smallest absolute Gasteiger partial charge is 0.239 e. The number of nitrogens with zero attached hydrogens (tertiary/aromatic N) is 1. The fourth-order valence-electron chi connectivity index (χ4n) is 3.72. The largest absolute Gasteiger partial charge is 0.489 e. The first-order valence-corrected chi connectivity index (χ1v) is 14.9. The zero-order chi connectivity index (χ0) is 28.0. The maximum absolute atomic E-state index is 13.1. The van der Waals surface area contributed by atoms with Gasteiger partial charge in [0.25, 0.3) is 0 Å². The van der Waals surface area contributed by atoms with Gasteiger partial charge < -0.3 is 18.6 Å². The van der Waals surface area contributed by atoms with E-state index in [2.05, 4.69) is 4.98 Å². The molecule has 0 spiro atoms. The van der Waals surface area contributed by atoms with Crippen LogP contribution in [0.3, 0.4) is 0 Å². The van der Waals surface area contributed by atoms with E-state index in [-0.39, 0.29) is 24.5 Å². The van der Waals surface area contributed by atoms with Gasteiger partial charge in [0.1, 0.15) is 34.3 Å². The molecule has 206 valence electrons. The molecule has 0 radical (unpaired) electrons. The van der Waals surface area contributed by atoms with Crippen molar-refractivity contribution in [1.29, 1.82) is 0 Å². The molecule has 0 atom stereocenters. The van der Waals surface area contributed by atoms with Crippen molar-refractivity contribution in [2.24, 2.45) is 5.14 Å². The van der Waals surface area contributed by atoms with Crippen molar-refractivity contribution >= 4 is 36.6 Å². The van der Waals surface area contributed by atoms with Gasteiger partial charge in [0.2, 0.25) is 10.0 Å². The van der Waals surface area contributed by atoms with E-state index in [1.807, 2.05) is 18.2 Å². The molecule has 4 rings (SSSR count). The number of sulfone groups is 1. The normalized spacial score (nSPS) is 12.1. The van der Waals surface area contributed by atoms with Crippen LogP contribution < -0.4 is 9.88 Å². The Hall–Kier alpha value is -3.62. The van der Waals surface area contributed by atoms with Crippen molar-refractivity contribution in [2.45, 2.75) is 9.79 Å². The van der Waals surface area contributed by atoms with E-state index in [0.29, 0.717) is 30.3 Å². The number of nitrogens with two attached hydrogens (primary N) is 1. The summed E-state index contributed by atoms with van der Waals surface area (Å²) in [5, 5.41) is 6.01. The van der Waals surface area contributed by atoms with Crippen molar-refractivity contribution < 1.29 is 40.3 Å². The molecule has 11 nitrogen and oxygen atoms in total. The van der Waals surface area contributed by atoms with Gasteiger partial charge in [-0.25, -0.2) is 27.0 Å². The first-order valence-electron chi connectivity index (χ1n) is 11.7. The van der Waals surface area contributed by atoms with Crippen molar-refractivity contribution in [3.05, 3.63) is 72.4 Å². The minimum atomic E-state index is -4.37. The monoisotopic (exact) mass is 574 g/mol. The summed E-state index contributed by atoms with van der Waals surface area (Å²) in [4.78, 5) is 16.3. The molecule has 2 N–H and O–H groups in total. The molecule has 0 aliphatic rings. The minimum Gasteiger partial charge on any atom is -0.489 e. The zero-order valence-corrected chi connectivity index (χ0v) is 22.5. The number of hydrogen-bond acceptors (Lipinski definition) is 10. The van der Waals surface area contributed by atoms with E-state index < -0.39 is 41.2 Å². The Morgan fingerprint density at radius 3 is 2.33 bits per heavy atom. The second-order valence-corrected chi connectivity index (χ2v) is 11.8. The summed E-state index contributed by atoms with van der Waals surface area (Å²) in [6, 6.07) is 15.3. The van der Waals surface area contributed by atoms with E-state index in [1.54, 1.807) is 19.2 Å². The Kier molecular flexibility index (Phi) is 8.77. The topological polar surface area (TPSA) is 165 Å². The lowest BCUT2D eigenvalue weighted by molar-refractivity contribution is 0.0544. The number of pyridine rings is 1. The molecule has 0 bridgehead atoms. The molecule has 0 aliphatic carbocycles. The maximum atomic E-state index is 13.1. The van der Waals surface area contributed by atoms with Gasteiger partial charge in [0.15, 0.2) is 21.4 Å². The van der Waals surface area contributed by atoms with Gasteiger partial charge in [-0.2, -0.15) is 0 Å². The molecule has 0 saturated carbocycles. The first-order chi connectivity index (χ1) is 18.6. The molecular formula is C26H26N2O9S2. The van der Waals surface area contributed by atoms with Crippen LogP contribution in [0.4, 0.5) is 0 Å². The molecular weight excluding hydrogens is 548 g/mol. The molecule has 4 aromatic rings. The summed E-state index contributed by atoms with van der Waals surface area (Å²) in [6.07, 6.45) is 1.22. The number of ketones is 1. The van der Waals surface area contributed by atoms with Crippen LogP contribution in [0.1, 0.15) is 10.4 Å². The van der Waals surface area contributed by atoms with Crippen LogP contribution in [0.25, 0.3) is 22.4 Å². The van der Waals surface area contributed by atoms with Crippen molar-refractivity contribution in [2.75, 3.05) is 39.3 Å². The van der Waals surface area contributed by atoms with Gasteiger partial charge in [-0.15, -0.1) is 0 Å². The Morgan fingerprint density at radius 1 is 0.923 bits per heavy atom. The summed E-state index contributed by atoms with van der Waals surface area (Å²) in [7, 11) is -7.16. The molecule has 0 unspecified atom stereocenters. The summed E-state index contributed by atoms with van der Waals surface area (Å²) in [5.74, 6) is -1.26. The van der Waals surface area contributed by atoms with E-state index in [0.717, 1.165) is 17.5 Å². The van der Waals surface area contributed by atoms with E-state index in [1.165, 1.54) is 24.4 Å². The van der Waals surface area contributed by atoms with Crippen molar-refractivity contribution in [3.8, 4) is 17.2 Å². The van der Waals surface area contributed by atoms with E-state index in [4.69, 9.17) is 23.8 Å². The highest BCUT2D eigenvalue weighted by molar-refractivity contribution is 7.94. The predicted molar refractivity (Wildman–Crippen MR) is 142 cm³/mol. The fraction of sp³-hybridized carbons (Fsp3) is 0.231. The number of benzene rings is 2. The van der Waals surface area contributed by atoms with Gasteiger partial charge in [-0.3, -0.25) is 4.79 Å². The Bertz CT molecular complexity index is 1660. The molecule has 0 fully saturated rings. The van der Waals surface area contributed by atoms with Gasteiger partial charge in [-0.05, 0) is 30.3 Å². The standard InChI is InChI=1S/C26H26N2O9S2/c1-34-10-11-35-12-13-36-22-15-19(16-28-26(22)23-14-18-6-2-3-7-21(18)37-23)20(29)17-38(30,31)24-8-4-5-9-25(24)39(27,32)33/h2-9,14-16H,10-13,17H2,1H3,(H2,27,32,33). The summed E-state index contributed by atoms with van der Waals surface area (Å²) >= 11 is 0. The number of methoxy groups -OCH3 is 1. The highest BCUT2D eigenvalue weighted by Gasteiger charge is 2.28. The zero-order valence-electron chi connectivity index (χ0n) is 20.9. The molecule has 2 aromatic heterocycles. The Labute approximate surface area is 225 Å². The molecule has 13 heteroatoms. The van der Waals surface area contributed by atoms with Crippen LogP contribution in [0, 0.1) is 0 Å². The second kappa shape index (κ2) is 12.1. The minimum absolute atomic E-state index is 0.0539. The van der Waals surface area contributed by atoms with E-state index in [9.17, 15) is 21.6 Å². The highest BCUT2D eigenvalue weighted by atomic mass is 32.2. The number of Topliss-reactive ketones (excluding diaryl/α,β-unsaturated/α-hetero) is 1. The number of primary sulfonamides is 1. The second-order valence-electron chi connectivity index (χ2n) is 8.35. The SMILES string of the molecule is COCCOCCOc1cc(C(=O)CS(=O)(=O)c2ccccc2S(N)(=O)=O)cnc1-c1cc2ccccc2o1. The van der Waals surface area contributed by atoms with Gasteiger partial charge in [-0.1, -0.05) is 30.3 Å². The number of carbonyl (C=O) groups excluding carboxylic acids is 1. The van der Waals surface area contributed by atoms with Crippen LogP contribution in [0.15, 0.2) is 81.1 Å². The number of rotatable bonds is 13. The lowest BCUT2D eigenvalue weighted by Crippen LogP contribution is -2.21. The molecule has 2 aromatic carbocycles. The van der Waals surface area contributed by atoms with Crippen LogP contribution >= 0.6 is 0 Å². The van der Waals surface area contributed by atoms with Crippen LogP contribution in [-0.4, -0.2) is 66.9 Å². The number of para-hydroxylation sites is 1. The van der Waals surface area contributed by atoms with Gasteiger partial charge in [0, 0.05) is 24.3 Å². The number of ether oxygens (including phenoxy) is 3. The number of aromatic nitrogens is 1. The van der Waals surface area contributed by atoms with Crippen LogP contribution in [0.5, 0.6) is 5.75 Å². The third-order valence-corrected chi connectivity index (χ3v) is 8.33. The summed E-state index contributed by atoms with van der Waals surface area (Å²) in [5.41, 5.74) is 0.881. The third-order valence-electron chi connectivity index (χ3n) is 5.56. The van der Waals surface area contributed by atoms with Gasteiger partial charge in [0.05, 0.1) is 24.7 Å². The molecule has 0 saturated heterocycles. The Morgan fingerprint density at radius 2 is 1.62 bits per heavy atom. The highest BCUT2D eigenvalue weighted by Crippen LogP contribution is 2.33. The van der Waals surface area contributed by atoms with Crippen LogP contribution in [-0.2, 0) is 29.3 Å². The third kappa shape index (κ3) is 6.88. The van der Waals surface area contributed by atoms with Gasteiger partial charge >= 0.3 is 0 Å². The van der Waals surface area contributed by atoms with Crippen LogP contribution in [0.2, 0.25) is 0 Å². The number of carbonyl (C=O) groups is 1. The molecule has 39 heavy (non-hydrogen) atoms. The number of furan rings is 1. The number of sulfonamides is 1. The summed E-state index contributed by atoms with van der Waals surface area (Å²) < 4.78 is 71.9. The quantitative estimate of drug-likeness (QED) is 0.185. The summed E-state index contributed by atoms with van der Waals surface area (Å²) in [6.45, 7) is 1.11. The first kappa shape index (κ1) is 28.4. The maximum Gasteiger partial charge on any atom is 0.239 e. The Balaban J connectivity index is 1.63. The number of fused-ring (bicyclic) bond motifs is 1. The number of hydrogen-bond donors (Lipinski definition) is 1. The molecule has 2 heterocycles. The average molecular weight is 575 g/mol. The van der Waals surface area contributed by atoms with E-state index >= 15 is 0 Å².